The number of amides is 1. The fraction of sp³-hybridized carbons (Fsp3) is 0.375. The molecule has 0 aliphatic heterocycles. The molecule has 0 saturated heterocycles. The second kappa shape index (κ2) is 8.52. The summed E-state index contributed by atoms with van der Waals surface area (Å²) in [5.74, 6) is -1.07. The quantitative estimate of drug-likeness (QED) is 0.572. The average Bonchev–Trinajstić information content (AvgIpc) is 2.44. The standard InChI is InChI=1S/C16H21NO3S/c1-4-5-6-13(16(19)20)17-15(18)10-21-14-9-11(2)7-8-12(14)3/h4,7-9,13H,1,5-6,10H2,2-3H3,(H,17,18)(H,19,20). The summed E-state index contributed by atoms with van der Waals surface area (Å²) in [7, 11) is 0. The van der Waals surface area contributed by atoms with Crippen LogP contribution in [0.4, 0.5) is 0 Å². The van der Waals surface area contributed by atoms with E-state index >= 15 is 0 Å². The zero-order valence-electron chi connectivity index (χ0n) is 12.4. The summed E-state index contributed by atoms with van der Waals surface area (Å²) in [6.07, 6.45) is 2.56. The number of aliphatic carboxylic acids is 1. The maximum Gasteiger partial charge on any atom is 0.326 e. The molecule has 2 N–H and O–H groups in total. The SMILES string of the molecule is C=CCCC(NC(=O)CSc1cc(C)ccc1C)C(=O)O. The summed E-state index contributed by atoms with van der Waals surface area (Å²) in [6.45, 7) is 7.54. The molecule has 0 spiro atoms. The Bertz CT molecular complexity index is 528. The van der Waals surface area contributed by atoms with E-state index < -0.39 is 12.0 Å². The normalized spacial score (nSPS) is 11.7. The van der Waals surface area contributed by atoms with E-state index in [0.717, 1.165) is 16.0 Å². The van der Waals surface area contributed by atoms with E-state index in [1.165, 1.54) is 11.8 Å². The molecular formula is C16H21NO3S. The summed E-state index contributed by atoms with van der Waals surface area (Å²) in [4.78, 5) is 24.0. The van der Waals surface area contributed by atoms with Gasteiger partial charge in [0.25, 0.3) is 0 Å². The van der Waals surface area contributed by atoms with Gasteiger partial charge in [0.2, 0.25) is 5.91 Å². The van der Waals surface area contributed by atoms with Crippen LogP contribution in [0.15, 0.2) is 35.7 Å². The minimum atomic E-state index is -1.01. The molecule has 0 heterocycles. The first-order chi connectivity index (χ1) is 9.93. The average molecular weight is 307 g/mol. The molecule has 0 aromatic heterocycles. The molecule has 0 aliphatic rings. The van der Waals surface area contributed by atoms with Gasteiger partial charge in [0.15, 0.2) is 0 Å². The maximum atomic E-state index is 11.9. The molecule has 114 valence electrons. The summed E-state index contributed by atoms with van der Waals surface area (Å²) >= 11 is 1.42. The Balaban J connectivity index is 2.54. The van der Waals surface area contributed by atoms with Crippen LogP contribution in [0.25, 0.3) is 0 Å². The number of aryl methyl sites for hydroxylation is 2. The van der Waals surface area contributed by atoms with Crippen LogP contribution >= 0.6 is 11.8 Å². The van der Waals surface area contributed by atoms with Crippen LogP contribution in [0.3, 0.4) is 0 Å². The lowest BCUT2D eigenvalue weighted by Gasteiger charge is -2.14. The minimum absolute atomic E-state index is 0.210. The highest BCUT2D eigenvalue weighted by Crippen LogP contribution is 2.23. The van der Waals surface area contributed by atoms with Gasteiger partial charge in [0, 0.05) is 4.90 Å². The van der Waals surface area contributed by atoms with Gasteiger partial charge in [-0.15, -0.1) is 18.3 Å². The largest absolute Gasteiger partial charge is 0.480 e. The van der Waals surface area contributed by atoms with E-state index in [1.807, 2.05) is 32.0 Å². The first-order valence-corrected chi connectivity index (χ1v) is 7.75. The van der Waals surface area contributed by atoms with E-state index in [4.69, 9.17) is 5.11 Å². The summed E-state index contributed by atoms with van der Waals surface area (Å²) in [5.41, 5.74) is 2.25. The van der Waals surface area contributed by atoms with Crippen molar-refractivity contribution in [3.05, 3.63) is 42.0 Å². The Hall–Kier alpha value is -1.75. The molecule has 1 aromatic rings. The molecule has 0 radical (unpaired) electrons. The second-order valence-electron chi connectivity index (χ2n) is 4.88. The number of thioether (sulfide) groups is 1. The Labute approximate surface area is 129 Å². The summed E-state index contributed by atoms with van der Waals surface area (Å²) in [6, 6.07) is 5.21. The molecule has 1 unspecified atom stereocenters. The summed E-state index contributed by atoms with van der Waals surface area (Å²) < 4.78 is 0. The Morgan fingerprint density at radius 2 is 2.14 bits per heavy atom. The van der Waals surface area contributed by atoms with Gasteiger partial charge >= 0.3 is 5.97 Å². The number of carboxylic acids is 1. The van der Waals surface area contributed by atoms with Gasteiger partial charge in [0.1, 0.15) is 6.04 Å². The lowest BCUT2D eigenvalue weighted by atomic mass is 10.1. The van der Waals surface area contributed by atoms with Gasteiger partial charge in [-0.3, -0.25) is 4.79 Å². The van der Waals surface area contributed by atoms with E-state index in [0.29, 0.717) is 12.8 Å². The molecule has 21 heavy (non-hydrogen) atoms. The number of rotatable bonds is 8. The van der Waals surface area contributed by atoms with Gasteiger partial charge in [-0.25, -0.2) is 4.79 Å². The molecule has 0 bridgehead atoms. The third-order valence-electron chi connectivity index (χ3n) is 3.00. The van der Waals surface area contributed by atoms with Crippen LogP contribution in [-0.2, 0) is 9.59 Å². The van der Waals surface area contributed by atoms with Gasteiger partial charge in [0.05, 0.1) is 5.75 Å². The van der Waals surface area contributed by atoms with Crippen molar-refractivity contribution in [3.8, 4) is 0 Å². The predicted octanol–water partition coefficient (Wildman–Crippen LogP) is 2.93. The Morgan fingerprint density at radius 3 is 2.76 bits per heavy atom. The van der Waals surface area contributed by atoms with Crippen molar-refractivity contribution in [2.45, 2.75) is 37.6 Å². The molecule has 1 amide bonds. The highest BCUT2D eigenvalue weighted by molar-refractivity contribution is 8.00. The number of carbonyl (C=O) groups is 2. The van der Waals surface area contributed by atoms with Crippen LogP contribution < -0.4 is 5.32 Å². The van der Waals surface area contributed by atoms with Gasteiger partial charge in [-0.05, 0) is 38.3 Å². The first kappa shape index (κ1) is 17.3. The van der Waals surface area contributed by atoms with Crippen molar-refractivity contribution in [1.29, 1.82) is 0 Å². The molecule has 5 heteroatoms. The van der Waals surface area contributed by atoms with Crippen molar-refractivity contribution in [1.82, 2.24) is 5.32 Å². The van der Waals surface area contributed by atoms with Crippen molar-refractivity contribution in [2.75, 3.05) is 5.75 Å². The number of hydrogen-bond acceptors (Lipinski definition) is 3. The third kappa shape index (κ3) is 6.04. The summed E-state index contributed by atoms with van der Waals surface area (Å²) in [5, 5.41) is 11.6. The third-order valence-corrected chi connectivity index (χ3v) is 4.15. The van der Waals surface area contributed by atoms with E-state index in [-0.39, 0.29) is 11.7 Å². The van der Waals surface area contributed by atoms with Crippen LogP contribution in [0, 0.1) is 13.8 Å². The molecular weight excluding hydrogens is 286 g/mol. The number of benzene rings is 1. The lowest BCUT2D eigenvalue weighted by Crippen LogP contribution is -2.41. The highest BCUT2D eigenvalue weighted by atomic mass is 32.2. The molecule has 0 saturated carbocycles. The van der Waals surface area contributed by atoms with Crippen molar-refractivity contribution in [3.63, 3.8) is 0 Å². The second-order valence-corrected chi connectivity index (χ2v) is 5.90. The Morgan fingerprint density at radius 1 is 1.43 bits per heavy atom. The topological polar surface area (TPSA) is 66.4 Å². The van der Waals surface area contributed by atoms with Crippen LogP contribution in [0.2, 0.25) is 0 Å². The number of nitrogens with one attached hydrogen (secondary N) is 1. The minimum Gasteiger partial charge on any atom is -0.480 e. The number of hydrogen-bond donors (Lipinski definition) is 2. The maximum absolute atomic E-state index is 11.9. The van der Waals surface area contributed by atoms with Crippen LogP contribution in [-0.4, -0.2) is 28.8 Å². The van der Waals surface area contributed by atoms with Crippen molar-refractivity contribution >= 4 is 23.6 Å². The molecule has 1 atom stereocenters. The molecule has 0 aliphatic carbocycles. The van der Waals surface area contributed by atoms with E-state index in [2.05, 4.69) is 11.9 Å². The zero-order valence-corrected chi connectivity index (χ0v) is 13.2. The molecule has 1 rings (SSSR count). The first-order valence-electron chi connectivity index (χ1n) is 6.77. The number of allylic oxidation sites excluding steroid dienone is 1. The van der Waals surface area contributed by atoms with Crippen LogP contribution in [0.5, 0.6) is 0 Å². The highest BCUT2D eigenvalue weighted by Gasteiger charge is 2.19. The zero-order chi connectivity index (χ0) is 15.8. The molecule has 4 nitrogen and oxygen atoms in total. The fourth-order valence-corrected chi connectivity index (χ4v) is 2.72. The molecule has 0 fully saturated rings. The lowest BCUT2D eigenvalue weighted by molar-refractivity contribution is -0.141. The van der Waals surface area contributed by atoms with Crippen LogP contribution in [0.1, 0.15) is 24.0 Å². The van der Waals surface area contributed by atoms with Crippen molar-refractivity contribution in [2.24, 2.45) is 0 Å². The van der Waals surface area contributed by atoms with Gasteiger partial charge in [-0.2, -0.15) is 0 Å². The smallest absolute Gasteiger partial charge is 0.326 e. The number of carboxylic acid groups (broad SMARTS) is 1. The van der Waals surface area contributed by atoms with E-state index in [9.17, 15) is 9.59 Å². The Kier molecular flexibility index (Phi) is 7.02. The predicted molar refractivity (Wildman–Crippen MR) is 85.6 cm³/mol. The monoisotopic (exact) mass is 307 g/mol. The fourth-order valence-electron chi connectivity index (χ4n) is 1.78. The van der Waals surface area contributed by atoms with Gasteiger partial charge < -0.3 is 10.4 Å². The number of carbonyl (C=O) groups excluding carboxylic acids is 1. The van der Waals surface area contributed by atoms with E-state index in [1.54, 1.807) is 6.08 Å². The van der Waals surface area contributed by atoms with Crippen molar-refractivity contribution < 1.29 is 14.7 Å². The van der Waals surface area contributed by atoms with Gasteiger partial charge in [-0.1, -0.05) is 23.8 Å². The molecule has 1 aromatic carbocycles.